The minimum atomic E-state index is -0.606. The van der Waals surface area contributed by atoms with Crippen LogP contribution in [0, 0.1) is 12.8 Å². The Hall–Kier alpha value is -2.94. The van der Waals surface area contributed by atoms with Crippen LogP contribution in [-0.4, -0.2) is 59.0 Å². The molecular weight excluding hydrogens is 360 g/mol. The number of aliphatic hydroxyl groups is 1. The first-order valence-corrected chi connectivity index (χ1v) is 9.61. The number of piperidine rings is 1. The third-order valence-corrected chi connectivity index (χ3v) is 6.08. The summed E-state index contributed by atoms with van der Waals surface area (Å²) in [5, 5.41) is 19.3. The molecule has 9 heteroatoms. The van der Waals surface area contributed by atoms with Gasteiger partial charge in [0.1, 0.15) is 5.52 Å². The molecule has 9 nitrogen and oxygen atoms in total. The number of aromatic nitrogens is 5. The van der Waals surface area contributed by atoms with Crippen molar-refractivity contribution in [2.24, 2.45) is 5.92 Å². The van der Waals surface area contributed by atoms with E-state index < -0.39 is 5.60 Å². The molecule has 5 rings (SSSR count). The van der Waals surface area contributed by atoms with Gasteiger partial charge in [0.05, 0.1) is 23.1 Å². The van der Waals surface area contributed by atoms with Gasteiger partial charge in [-0.15, -0.1) is 5.10 Å². The fourth-order valence-corrected chi connectivity index (χ4v) is 4.16. The fourth-order valence-electron chi connectivity index (χ4n) is 4.16. The Balaban J connectivity index is 1.40. The van der Waals surface area contributed by atoms with E-state index in [1.165, 1.54) is 15.4 Å². The lowest BCUT2D eigenvalue weighted by atomic mass is 9.86. The van der Waals surface area contributed by atoms with E-state index in [-0.39, 0.29) is 17.4 Å². The van der Waals surface area contributed by atoms with Crippen LogP contribution < -0.4 is 5.56 Å². The van der Waals surface area contributed by atoms with E-state index in [1.54, 1.807) is 30.2 Å². The molecule has 1 aliphatic heterocycles. The van der Waals surface area contributed by atoms with Gasteiger partial charge in [0, 0.05) is 19.3 Å². The molecule has 1 saturated heterocycles. The average molecular weight is 382 g/mol. The topological polar surface area (TPSA) is 109 Å². The van der Waals surface area contributed by atoms with Crippen molar-refractivity contribution in [1.82, 2.24) is 29.3 Å². The van der Waals surface area contributed by atoms with Gasteiger partial charge in [0.25, 0.3) is 11.5 Å². The molecule has 3 aromatic heterocycles. The molecular formula is C19H22N6O3. The van der Waals surface area contributed by atoms with Gasteiger partial charge in [0.15, 0.2) is 0 Å². The van der Waals surface area contributed by atoms with E-state index in [2.05, 4.69) is 15.2 Å². The Kier molecular flexibility index (Phi) is 3.70. The van der Waals surface area contributed by atoms with Crippen LogP contribution in [0.1, 0.15) is 41.7 Å². The Morgan fingerprint density at radius 1 is 1.32 bits per heavy atom. The van der Waals surface area contributed by atoms with E-state index in [0.717, 1.165) is 12.8 Å². The molecule has 146 valence electrons. The normalized spacial score (nSPS) is 19.3. The average Bonchev–Trinajstić information content (AvgIpc) is 3.33. The number of amides is 1. The number of nitrogens with zero attached hydrogens (tertiary/aromatic N) is 5. The minimum Gasteiger partial charge on any atom is -0.389 e. The van der Waals surface area contributed by atoms with Crippen molar-refractivity contribution < 1.29 is 9.90 Å². The van der Waals surface area contributed by atoms with Crippen molar-refractivity contribution in [2.75, 3.05) is 13.1 Å². The molecule has 0 spiro atoms. The molecule has 2 aliphatic rings. The molecule has 1 aliphatic carbocycles. The largest absolute Gasteiger partial charge is 0.389 e. The number of fused-ring (bicyclic) bond motifs is 1. The van der Waals surface area contributed by atoms with Gasteiger partial charge in [-0.05, 0) is 50.7 Å². The molecule has 1 amide bonds. The number of hydrogen-bond acceptors (Lipinski definition) is 5. The van der Waals surface area contributed by atoms with Gasteiger partial charge in [-0.3, -0.25) is 14.6 Å². The second kappa shape index (κ2) is 6.03. The Labute approximate surface area is 160 Å². The molecule has 0 radical (unpaired) electrons. The quantitative estimate of drug-likeness (QED) is 0.699. The van der Waals surface area contributed by atoms with E-state index in [4.69, 9.17) is 0 Å². The maximum Gasteiger partial charge on any atom is 0.276 e. The first-order valence-electron chi connectivity index (χ1n) is 9.61. The number of carbonyl (C=O) groups is 1. The van der Waals surface area contributed by atoms with Crippen molar-refractivity contribution in [1.29, 1.82) is 0 Å². The molecule has 2 fully saturated rings. The zero-order valence-corrected chi connectivity index (χ0v) is 15.6. The summed E-state index contributed by atoms with van der Waals surface area (Å²) in [5.74, 6) is 0.554. The van der Waals surface area contributed by atoms with Gasteiger partial charge in [-0.25, -0.2) is 9.20 Å². The summed E-state index contributed by atoms with van der Waals surface area (Å²) in [6.45, 7) is 2.87. The van der Waals surface area contributed by atoms with E-state index in [0.29, 0.717) is 48.6 Å². The van der Waals surface area contributed by atoms with Crippen molar-refractivity contribution >= 4 is 11.4 Å². The number of H-pyrrole nitrogens is 1. The van der Waals surface area contributed by atoms with Gasteiger partial charge in [-0.1, -0.05) is 0 Å². The Morgan fingerprint density at radius 3 is 2.79 bits per heavy atom. The number of hydrogen-bond donors (Lipinski definition) is 2. The molecule has 4 heterocycles. The lowest BCUT2D eigenvalue weighted by Gasteiger charge is -2.38. The van der Waals surface area contributed by atoms with Gasteiger partial charge < -0.3 is 10.0 Å². The number of likely N-dealkylation sites (tertiary alicyclic amines) is 1. The van der Waals surface area contributed by atoms with Crippen molar-refractivity contribution in [3.05, 3.63) is 46.1 Å². The standard InChI is InChI=1S/C19H22N6O3/c1-12-14(17(27)23-9-6-19(28,7-10-23)13-4-5-13)11-20-25(12)18-21-16(26)15-3-2-8-24(15)22-18/h2-3,8,11,13,28H,4-7,9-10H2,1H3,(H,21,22,26). The first-order chi connectivity index (χ1) is 13.5. The smallest absolute Gasteiger partial charge is 0.276 e. The van der Waals surface area contributed by atoms with Crippen molar-refractivity contribution in [3.8, 4) is 5.95 Å². The monoisotopic (exact) mass is 382 g/mol. The number of carbonyl (C=O) groups excluding carboxylic acids is 1. The highest BCUT2D eigenvalue weighted by atomic mass is 16.3. The summed E-state index contributed by atoms with van der Waals surface area (Å²) in [6, 6.07) is 3.42. The molecule has 0 atom stereocenters. The van der Waals surface area contributed by atoms with Crippen molar-refractivity contribution in [3.63, 3.8) is 0 Å². The number of nitrogens with one attached hydrogen (secondary N) is 1. The maximum absolute atomic E-state index is 13.0. The zero-order valence-electron chi connectivity index (χ0n) is 15.6. The van der Waals surface area contributed by atoms with Crippen LogP contribution in [0.5, 0.6) is 0 Å². The van der Waals surface area contributed by atoms with E-state index in [1.807, 2.05) is 0 Å². The van der Waals surface area contributed by atoms with E-state index in [9.17, 15) is 14.7 Å². The fraction of sp³-hybridized carbons (Fsp3) is 0.474. The van der Waals surface area contributed by atoms with Crippen LogP contribution in [0.3, 0.4) is 0 Å². The highest BCUT2D eigenvalue weighted by Crippen LogP contribution is 2.45. The summed E-state index contributed by atoms with van der Waals surface area (Å²) < 4.78 is 2.96. The SMILES string of the molecule is Cc1c(C(=O)N2CCC(O)(C3CC3)CC2)cnn1-c1nn2cccc2c(=O)[nH]1. The summed E-state index contributed by atoms with van der Waals surface area (Å²) >= 11 is 0. The summed E-state index contributed by atoms with van der Waals surface area (Å²) in [4.78, 5) is 29.7. The van der Waals surface area contributed by atoms with Gasteiger partial charge in [0.2, 0.25) is 5.95 Å². The van der Waals surface area contributed by atoms with Crippen LogP contribution in [-0.2, 0) is 0 Å². The molecule has 2 N–H and O–H groups in total. The molecule has 0 bridgehead atoms. The maximum atomic E-state index is 13.0. The third kappa shape index (κ3) is 2.65. The lowest BCUT2D eigenvalue weighted by Crippen LogP contribution is -2.47. The van der Waals surface area contributed by atoms with Crippen LogP contribution in [0.25, 0.3) is 11.5 Å². The zero-order chi connectivity index (χ0) is 19.5. The highest BCUT2D eigenvalue weighted by Gasteiger charge is 2.46. The lowest BCUT2D eigenvalue weighted by molar-refractivity contribution is -0.0339. The van der Waals surface area contributed by atoms with Crippen LogP contribution >= 0.6 is 0 Å². The summed E-state index contributed by atoms with van der Waals surface area (Å²) in [5.41, 5.74) is 0.662. The molecule has 0 unspecified atom stereocenters. The van der Waals surface area contributed by atoms with Crippen molar-refractivity contribution in [2.45, 2.75) is 38.2 Å². The summed E-state index contributed by atoms with van der Waals surface area (Å²) in [7, 11) is 0. The first kappa shape index (κ1) is 17.2. The predicted octanol–water partition coefficient (Wildman–Crippen LogP) is 0.894. The molecule has 1 saturated carbocycles. The molecule has 3 aromatic rings. The van der Waals surface area contributed by atoms with Gasteiger partial charge in [-0.2, -0.15) is 5.10 Å². The Morgan fingerprint density at radius 2 is 2.07 bits per heavy atom. The second-order valence-corrected chi connectivity index (χ2v) is 7.84. The molecule has 28 heavy (non-hydrogen) atoms. The van der Waals surface area contributed by atoms with Crippen LogP contribution in [0.2, 0.25) is 0 Å². The second-order valence-electron chi connectivity index (χ2n) is 7.84. The minimum absolute atomic E-state index is 0.106. The molecule has 0 aromatic carbocycles. The number of aromatic amines is 1. The van der Waals surface area contributed by atoms with E-state index >= 15 is 0 Å². The van der Waals surface area contributed by atoms with Gasteiger partial charge >= 0.3 is 0 Å². The highest BCUT2D eigenvalue weighted by molar-refractivity contribution is 5.95. The predicted molar refractivity (Wildman–Crippen MR) is 100 cm³/mol. The summed E-state index contributed by atoms with van der Waals surface area (Å²) in [6.07, 6.45) is 6.62. The van der Waals surface area contributed by atoms with Crippen LogP contribution in [0.15, 0.2) is 29.3 Å². The third-order valence-electron chi connectivity index (χ3n) is 6.08. The Bertz CT molecular complexity index is 1110. The number of rotatable bonds is 3. The van der Waals surface area contributed by atoms with Crippen LogP contribution in [0.4, 0.5) is 0 Å².